The van der Waals surface area contributed by atoms with Gasteiger partial charge < -0.3 is 9.30 Å². The largest absolute Gasteiger partial charge is 0.465 e. The zero-order valence-corrected chi connectivity index (χ0v) is 13.3. The zero-order chi connectivity index (χ0) is 15.4. The molecule has 4 nitrogen and oxygen atoms in total. The van der Waals surface area contributed by atoms with Gasteiger partial charge in [-0.1, -0.05) is 19.4 Å². The van der Waals surface area contributed by atoms with Crippen molar-refractivity contribution in [3.05, 3.63) is 29.6 Å². The first-order valence-corrected chi connectivity index (χ1v) is 7.75. The van der Waals surface area contributed by atoms with Crippen molar-refractivity contribution in [1.82, 2.24) is 9.55 Å². The molecule has 0 aliphatic rings. The van der Waals surface area contributed by atoms with Gasteiger partial charge in [-0.25, -0.2) is 4.98 Å². The van der Waals surface area contributed by atoms with Gasteiger partial charge in [0.1, 0.15) is 11.7 Å². The second kappa shape index (κ2) is 6.74. The number of rotatable bonds is 6. The Hall–Kier alpha value is -1.84. The molecule has 0 fully saturated rings. The molecule has 0 bridgehead atoms. The van der Waals surface area contributed by atoms with Gasteiger partial charge in [-0.2, -0.15) is 0 Å². The van der Waals surface area contributed by atoms with Gasteiger partial charge in [0.05, 0.1) is 17.6 Å². The molecule has 0 amide bonds. The summed E-state index contributed by atoms with van der Waals surface area (Å²) < 4.78 is 7.37. The van der Waals surface area contributed by atoms with Crippen LogP contribution in [0.25, 0.3) is 11.0 Å². The summed E-state index contributed by atoms with van der Waals surface area (Å²) in [6.45, 7) is 9.26. The average molecular weight is 288 g/mol. The summed E-state index contributed by atoms with van der Waals surface area (Å²) in [5, 5.41) is 0. The number of nitrogens with zero attached hydrogens (tertiary/aromatic N) is 2. The molecule has 2 aromatic rings. The Bertz CT molecular complexity index is 631. The van der Waals surface area contributed by atoms with E-state index in [0.717, 1.165) is 36.2 Å². The van der Waals surface area contributed by atoms with Crippen molar-refractivity contribution in [3.63, 3.8) is 0 Å². The monoisotopic (exact) mass is 288 g/mol. The predicted octanol–water partition coefficient (Wildman–Crippen LogP) is 3.81. The Morgan fingerprint density at radius 3 is 2.71 bits per heavy atom. The SMILES string of the molecule is CCCC(C(=O)OCC)c1nc2cc(C)ccc2n1CC. The van der Waals surface area contributed by atoms with Crippen LogP contribution in [-0.2, 0) is 16.1 Å². The topological polar surface area (TPSA) is 44.1 Å². The summed E-state index contributed by atoms with van der Waals surface area (Å²) >= 11 is 0. The van der Waals surface area contributed by atoms with E-state index in [-0.39, 0.29) is 11.9 Å². The van der Waals surface area contributed by atoms with Crippen molar-refractivity contribution >= 4 is 17.0 Å². The first kappa shape index (κ1) is 15.5. The molecule has 2 rings (SSSR count). The lowest BCUT2D eigenvalue weighted by atomic mass is 10.0. The molecule has 0 aliphatic carbocycles. The van der Waals surface area contributed by atoms with E-state index in [4.69, 9.17) is 9.72 Å². The summed E-state index contributed by atoms with van der Waals surface area (Å²) in [4.78, 5) is 17.0. The first-order chi connectivity index (χ1) is 10.1. The fourth-order valence-corrected chi connectivity index (χ4v) is 2.74. The standard InChI is InChI=1S/C17H24N2O2/c1-5-8-13(17(20)21-7-3)16-18-14-11-12(4)9-10-15(14)19(16)6-2/h9-11,13H,5-8H2,1-4H3. The van der Waals surface area contributed by atoms with Crippen LogP contribution in [0.1, 0.15) is 50.9 Å². The van der Waals surface area contributed by atoms with E-state index in [1.165, 1.54) is 5.56 Å². The molecular formula is C17H24N2O2. The predicted molar refractivity (Wildman–Crippen MR) is 84.4 cm³/mol. The number of carbonyl (C=O) groups is 1. The maximum Gasteiger partial charge on any atom is 0.316 e. The van der Waals surface area contributed by atoms with E-state index in [1.807, 2.05) is 6.92 Å². The van der Waals surface area contributed by atoms with Gasteiger partial charge in [-0.15, -0.1) is 0 Å². The summed E-state index contributed by atoms with van der Waals surface area (Å²) in [6, 6.07) is 6.23. The van der Waals surface area contributed by atoms with Crippen molar-refractivity contribution in [1.29, 1.82) is 0 Å². The Labute approximate surface area is 126 Å². The number of carbonyl (C=O) groups excluding carboxylic acids is 1. The van der Waals surface area contributed by atoms with Crippen LogP contribution in [0, 0.1) is 6.92 Å². The highest BCUT2D eigenvalue weighted by atomic mass is 16.5. The molecule has 114 valence electrons. The van der Waals surface area contributed by atoms with Crippen LogP contribution >= 0.6 is 0 Å². The number of esters is 1. The Kier molecular flexibility index (Phi) is 4.99. The van der Waals surface area contributed by atoms with Gasteiger partial charge in [0.15, 0.2) is 0 Å². The highest BCUT2D eigenvalue weighted by Gasteiger charge is 2.27. The van der Waals surface area contributed by atoms with Gasteiger partial charge in [-0.05, 0) is 44.9 Å². The summed E-state index contributed by atoms with van der Waals surface area (Å²) in [5.74, 6) is 0.391. The van der Waals surface area contributed by atoms with Gasteiger partial charge in [-0.3, -0.25) is 4.79 Å². The molecule has 1 aromatic carbocycles. The van der Waals surface area contributed by atoms with Crippen molar-refractivity contribution < 1.29 is 9.53 Å². The molecule has 0 spiro atoms. The summed E-state index contributed by atoms with van der Waals surface area (Å²) in [5.41, 5.74) is 3.22. The number of fused-ring (bicyclic) bond motifs is 1. The molecule has 21 heavy (non-hydrogen) atoms. The van der Waals surface area contributed by atoms with Gasteiger partial charge in [0.2, 0.25) is 0 Å². The molecule has 0 N–H and O–H groups in total. The van der Waals surface area contributed by atoms with Gasteiger partial charge in [0.25, 0.3) is 0 Å². The van der Waals surface area contributed by atoms with Crippen LogP contribution in [0.15, 0.2) is 18.2 Å². The number of imidazole rings is 1. The van der Waals surface area contributed by atoms with Gasteiger partial charge in [0, 0.05) is 6.54 Å². The minimum absolute atomic E-state index is 0.166. The normalized spacial score (nSPS) is 12.6. The molecule has 0 aliphatic heterocycles. The van der Waals surface area contributed by atoms with Crippen molar-refractivity contribution in [2.75, 3.05) is 6.61 Å². The molecule has 1 unspecified atom stereocenters. The third kappa shape index (κ3) is 3.09. The van der Waals surface area contributed by atoms with E-state index in [9.17, 15) is 4.79 Å². The molecule has 1 heterocycles. The second-order valence-corrected chi connectivity index (χ2v) is 5.30. The van der Waals surface area contributed by atoms with Crippen LogP contribution in [0.3, 0.4) is 0 Å². The van der Waals surface area contributed by atoms with Crippen LogP contribution < -0.4 is 0 Å². The van der Waals surface area contributed by atoms with E-state index >= 15 is 0 Å². The molecule has 0 radical (unpaired) electrons. The highest BCUT2D eigenvalue weighted by Crippen LogP contribution is 2.27. The fraction of sp³-hybridized carbons (Fsp3) is 0.529. The second-order valence-electron chi connectivity index (χ2n) is 5.30. The lowest BCUT2D eigenvalue weighted by molar-refractivity contribution is -0.145. The van der Waals surface area contributed by atoms with Crippen molar-refractivity contribution in [3.8, 4) is 0 Å². The zero-order valence-electron chi connectivity index (χ0n) is 13.3. The number of ether oxygens (including phenoxy) is 1. The van der Waals surface area contributed by atoms with Crippen LogP contribution in [0.4, 0.5) is 0 Å². The maximum absolute atomic E-state index is 12.3. The number of aryl methyl sites for hydroxylation is 2. The number of hydrogen-bond donors (Lipinski definition) is 0. The van der Waals surface area contributed by atoms with E-state index < -0.39 is 0 Å². The highest BCUT2D eigenvalue weighted by molar-refractivity contribution is 5.81. The van der Waals surface area contributed by atoms with E-state index in [0.29, 0.717) is 6.61 Å². The molecule has 1 atom stereocenters. The fourth-order valence-electron chi connectivity index (χ4n) is 2.74. The molecule has 0 saturated carbocycles. The van der Waals surface area contributed by atoms with E-state index in [1.54, 1.807) is 0 Å². The first-order valence-electron chi connectivity index (χ1n) is 7.75. The Balaban J connectivity index is 2.53. The minimum atomic E-state index is -0.275. The molecule has 1 aromatic heterocycles. The number of benzene rings is 1. The Morgan fingerprint density at radius 1 is 1.33 bits per heavy atom. The summed E-state index contributed by atoms with van der Waals surface area (Å²) in [7, 11) is 0. The number of hydrogen-bond acceptors (Lipinski definition) is 3. The maximum atomic E-state index is 12.3. The van der Waals surface area contributed by atoms with Gasteiger partial charge >= 0.3 is 5.97 Å². The molecule has 4 heteroatoms. The van der Waals surface area contributed by atoms with E-state index in [2.05, 4.69) is 43.5 Å². The lowest BCUT2D eigenvalue weighted by Crippen LogP contribution is -2.20. The van der Waals surface area contributed by atoms with Crippen LogP contribution in [0.5, 0.6) is 0 Å². The van der Waals surface area contributed by atoms with Crippen molar-refractivity contribution in [2.24, 2.45) is 0 Å². The quantitative estimate of drug-likeness (QED) is 0.759. The Morgan fingerprint density at radius 2 is 2.10 bits per heavy atom. The molecule has 0 saturated heterocycles. The molecular weight excluding hydrogens is 264 g/mol. The third-order valence-electron chi connectivity index (χ3n) is 3.71. The van der Waals surface area contributed by atoms with Crippen molar-refractivity contribution in [2.45, 2.75) is 53.0 Å². The van der Waals surface area contributed by atoms with Crippen LogP contribution in [-0.4, -0.2) is 22.1 Å². The smallest absolute Gasteiger partial charge is 0.316 e. The number of aromatic nitrogens is 2. The summed E-state index contributed by atoms with van der Waals surface area (Å²) in [6.07, 6.45) is 1.69. The average Bonchev–Trinajstić information content (AvgIpc) is 2.81. The minimum Gasteiger partial charge on any atom is -0.465 e. The third-order valence-corrected chi connectivity index (χ3v) is 3.71. The lowest BCUT2D eigenvalue weighted by Gasteiger charge is -2.15. The van der Waals surface area contributed by atoms with Crippen LogP contribution in [0.2, 0.25) is 0 Å².